The normalized spacial score (nSPS) is 14.0. The fraction of sp³-hybridized carbons (Fsp3) is 0.250. The van der Waals surface area contributed by atoms with Crippen molar-refractivity contribution in [2.45, 2.75) is 12.8 Å². The van der Waals surface area contributed by atoms with E-state index in [1.54, 1.807) is 30.6 Å². The van der Waals surface area contributed by atoms with Crippen molar-refractivity contribution < 1.29 is 14.7 Å². The zero-order chi connectivity index (χ0) is 23.2. The van der Waals surface area contributed by atoms with Crippen molar-refractivity contribution in [3.8, 4) is 0 Å². The van der Waals surface area contributed by atoms with Gasteiger partial charge in [0.25, 0.3) is 5.91 Å². The highest BCUT2D eigenvalue weighted by molar-refractivity contribution is 6.30. The van der Waals surface area contributed by atoms with Crippen LogP contribution in [0.1, 0.15) is 33.6 Å². The van der Waals surface area contributed by atoms with Crippen molar-refractivity contribution >= 4 is 40.7 Å². The molecule has 2 aromatic heterocycles. The average Bonchev–Trinajstić information content (AvgIpc) is 2.85. The number of aromatic nitrogens is 2. The molecule has 9 heteroatoms. The molecule has 0 radical (unpaired) electrons. The molecule has 0 saturated carbocycles. The maximum Gasteiger partial charge on any atom is 0.335 e. The molecule has 0 spiro atoms. The lowest BCUT2D eigenvalue weighted by Gasteiger charge is -2.33. The molecule has 1 aliphatic rings. The zero-order valence-corrected chi connectivity index (χ0v) is 18.6. The maximum atomic E-state index is 12.9. The summed E-state index contributed by atoms with van der Waals surface area (Å²) in [6.45, 7) is 2.59. The number of hydrogen-bond acceptors (Lipinski definition) is 6. The number of pyridine rings is 2. The fourth-order valence-electron chi connectivity index (χ4n) is 3.86. The van der Waals surface area contributed by atoms with E-state index in [9.17, 15) is 14.7 Å². The summed E-state index contributed by atoms with van der Waals surface area (Å²) in [5.74, 6) is -0.762. The highest BCUT2D eigenvalue weighted by atomic mass is 35.5. The number of nitrogens with zero attached hydrogens (tertiary/aromatic N) is 3. The molecule has 8 nitrogen and oxygen atoms in total. The average molecular weight is 466 g/mol. The molecule has 0 unspecified atom stereocenters. The summed E-state index contributed by atoms with van der Waals surface area (Å²) < 4.78 is 0. The summed E-state index contributed by atoms with van der Waals surface area (Å²) in [4.78, 5) is 34.9. The number of amides is 1. The number of carbonyl (C=O) groups is 2. The van der Waals surface area contributed by atoms with E-state index in [1.807, 2.05) is 12.1 Å². The van der Waals surface area contributed by atoms with Crippen LogP contribution in [0, 0.1) is 5.92 Å². The van der Waals surface area contributed by atoms with Crippen molar-refractivity contribution in [1.29, 1.82) is 0 Å². The van der Waals surface area contributed by atoms with Crippen LogP contribution >= 0.6 is 11.6 Å². The van der Waals surface area contributed by atoms with Crippen molar-refractivity contribution in [2.75, 3.05) is 35.2 Å². The Morgan fingerprint density at radius 3 is 2.52 bits per heavy atom. The lowest BCUT2D eigenvalue weighted by molar-refractivity contribution is 0.0697. The molecular formula is C24H24ClN5O3. The largest absolute Gasteiger partial charge is 0.478 e. The zero-order valence-electron chi connectivity index (χ0n) is 17.9. The van der Waals surface area contributed by atoms with Crippen LogP contribution in [0.25, 0.3) is 0 Å². The molecule has 1 aliphatic heterocycles. The molecule has 0 aliphatic carbocycles. The first-order valence-corrected chi connectivity index (χ1v) is 11.1. The molecule has 4 rings (SSSR count). The lowest BCUT2D eigenvalue weighted by Crippen LogP contribution is -2.36. The van der Waals surface area contributed by atoms with Gasteiger partial charge in [0.15, 0.2) is 0 Å². The number of nitrogens with one attached hydrogen (secondary N) is 2. The van der Waals surface area contributed by atoms with Crippen LogP contribution < -0.4 is 15.5 Å². The van der Waals surface area contributed by atoms with Gasteiger partial charge >= 0.3 is 5.97 Å². The van der Waals surface area contributed by atoms with Crippen molar-refractivity contribution in [2.24, 2.45) is 5.92 Å². The molecule has 0 atom stereocenters. The smallest absolute Gasteiger partial charge is 0.335 e. The van der Waals surface area contributed by atoms with Gasteiger partial charge in [-0.2, -0.15) is 0 Å². The Morgan fingerprint density at radius 1 is 1.09 bits per heavy atom. The number of carboxylic acids is 1. The van der Waals surface area contributed by atoms with Gasteiger partial charge in [-0.15, -0.1) is 0 Å². The summed E-state index contributed by atoms with van der Waals surface area (Å²) in [7, 11) is 0. The Bertz CT molecular complexity index is 1120. The van der Waals surface area contributed by atoms with Gasteiger partial charge in [0.1, 0.15) is 5.82 Å². The van der Waals surface area contributed by atoms with Crippen LogP contribution in [0.3, 0.4) is 0 Å². The minimum Gasteiger partial charge on any atom is -0.478 e. The van der Waals surface area contributed by atoms with Crippen LogP contribution in [0.15, 0.2) is 61.1 Å². The summed E-state index contributed by atoms with van der Waals surface area (Å²) >= 11 is 5.85. The van der Waals surface area contributed by atoms with Crippen molar-refractivity contribution in [3.05, 3.63) is 77.2 Å². The molecule has 1 amide bonds. The minimum absolute atomic E-state index is 0.0421. The predicted molar refractivity (Wildman–Crippen MR) is 128 cm³/mol. The van der Waals surface area contributed by atoms with Gasteiger partial charge in [-0.3, -0.25) is 9.78 Å². The summed E-state index contributed by atoms with van der Waals surface area (Å²) in [6, 6.07) is 11.8. The number of benzene rings is 1. The third-order valence-corrected chi connectivity index (χ3v) is 5.93. The molecular weight excluding hydrogens is 442 g/mol. The number of anilines is 3. The Balaban J connectivity index is 1.42. The van der Waals surface area contributed by atoms with Gasteiger partial charge in [-0.25, -0.2) is 9.78 Å². The Labute approximate surface area is 196 Å². The third kappa shape index (κ3) is 5.78. The Hall–Kier alpha value is -3.65. The van der Waals surface area contributed by atoms with Crippen molar-refractivity contribution in [3.63, 3.8) is 0 Å². The van der Waals surface area contributed by atoms with Gasteiger partial charge in [0.2, 0.25) is 0 Å². The van der Waals surface area contributed by atoms with Crippen LogP contribution in [0.4, 0.5) is 17.2 Å². The maximum absolute atomic E-state index is 12.9. The van der Waals surface area contributed by atoms with Crippen LogP contribution in [-0.2, 0) is 0 Å². The Morgan fingerprint density at radius 2 is 1.85 bits per heavy atom. The first-order chi connectivity index (χ1) is 16.0. The molecule has 1 aromatic carbocycles. The summed E-state index contributed by atoms with van der Waals surface area (Å²) in [5, 5.41) is 15.9. The van der Waals surface area contributed by atoms with E-state index in [1.165, 1.54) is 24.0 Å². The van der Waals surface area contributed by atoms with E-state index in [2.05, 4.69) is 25.5 Å². The van der Waals surface area contributed by atoms with Crippen molar-refractivity contribution in [1.82, 2.24) is 9.97 Å². The number of halogens is 1. The first kappa shape index (κ1) is 22.5. The van der Waals surface area contributed by atoms with Crippen LogP contribution in [0.2, 0.25) is 5.02 Å². The van der Waals surface area contributed by atoms with E-state index >= 15 is 0 Å². The predicted octanol–water partition coefficient (Wildman–Crippen LogP) is 4.41. The van der Waals surface area contributed by atoms with E-state index in [-0.39, 0.29) is 11.1 Å². The second-order valence-electron chi connectivity index (χ2n) is 7.90. The van der Waals surface area contributed by atoms with E-state index in [0.29, 0.717) is 29.0 Å². The third-order valence-electron chi connectivity index (χ3n) is 5.70. The topological polar surface area (TPSA) is 107 Å². The van der Waals surface area contributed by atoms with Gasteiger partial charge in [-0.05, 0) is 61.2 Å². The molecule has 1 saturated heterocycles. The summed E-state index contributed by atoms with van der Waals surface area (Å²) in [6.07, 6.45) is 7.06. The number of rotatable bonds is 7. The highest BCUT2D eigenvalue weighted by Crippen LogP contribution is 2.25. The first-order valence-electron chi connectivity index (χ1n) is 10.7. The molecule has 3 heterocycles. The molecule has 0 bridgehead atoms. The number of piperidine rings is 1. The Kier molecular flexibility index (Phi) is 7.04. The van der Waals surface area contributed by atoms with Gasteiger partial charge in [0, 0.05) is 49.6 Å². The molecule has 3 aromatic rings. The van der Waals surface area contributed by atoms with E-state index in [4.69, 9.17) is 11.6 Å². The van der Waals surface area contributed by atoms with E-state index < -0.39 is 11.9 Å². The fourth-order valence-corrected chi connectivity index (χ4v) is 3.97. The quantitative estimate of drug-likeness (QED) is 0.474. The van der Waals surface area contributed by atoms with Crippen LogP contribution in [0.5, 0.6) is 0 Å². The minimum atomic E-state index is -1.09. The number of aromatic carboxylic acids is 1. The molecule has 3 N–H and O–H groups in total. The SMILES string of the molecule is O=C(O)c1ccc(NCC2CCN(c3ccncc3)CC2)c(C(=O)Nc2ccc(Cl)cn2)c1. The van der Waals surface area contributed by atoms with Gasteiger partial charge in [-0.1, -0.05) is 11.6 Å². The van der Waals surface area contributed by atoms with Gasteiger partial charge in [0.05, 0.1) is 16.1 Å². The van der Waals surface area contributed by atoms with Crippen LogP contribution in [-0.4, -0.2) is 46.6 Å². The standard InChI is InChI=1S/C24H24ClN5O3/c25-18-2-4-22(28-15-18)29-23(31)20-13-17(24(32)33)1-3-21(20)27-14-16-7-11-30(12-8-16)19-5-9-26-10-6-19/h1-6,9-10,13,15-16,27H,7-8,11-12,14H2,(H,32,33)(H,28,29,31). The summed E-state index contributed by atoms with van der Waals surface area (Å²) in [5.41, 5.74) is 2.06. The second kappa shape index (κ2) is 10.3. The number of hydrogen-bond donors (Lipinski definition) is 3. The lowest BCUT2D eigenvalue weighted by atomic mass is 9.96. The number of carbonyl (C=O) groups excluding carboxylic acids is 1. The molecule has 33 heavy (non-hydrogen) atoms. The second-order valence-corrected chi connectivity index (χ2v) is 8.33. The van der Waals surface area contributed by atoms with E-state index in [0.717, 1.165) is 25.9 Å². The number of carboxylic acid groups (broad SMARTS) is 1. The van der Waals surface area contributed by atoms with Gasteiger partial charge < -0.3 is 20.6 Å². The highest BCUT2D eigenvalue weighted by Gasteiger charge is 2.21. The molecule has 170 valence electrons. The monoisotopic (exact) mass is 465 g/mol. The molecule has 1 fully saturated rings.